The smallest absolute Gasteiger partial charge is 0.234 e. The van der Waals surface area contributed by atoms with Gasteiger partial charge in [0.2, 0.25) is 5.91 Å². The summed E-state index contributed by atoms with van der Waals surface area (Å²) in [4.78, 5) is 12.4. The molecule has 0 aliphatic rings. The normalized spacial score (nSPS) is 10.9. The Hall–Kier alpha value is -2.81. The van der Waals surface area contributed by atoms with Crippen molar-refractivity contribution in [3.8, 4) is 11.4 Å². The van der Waals surface area contributed by atoms with Gasteiger partial charge in [0, 0.05) is 5.69 Å². The molecular weight excluding hydrogens is 462 g/mol. The van der Waals surface area contributed by atoms with Crippen LogP contribution in [0.3, 0.4) is 0 Å². The van der Waals surface area contributed by atoms with Crippen LogP contribution in [-0.2, 0) is 11.3 Å². The van der Waals surface area contributed by atoms with E-state index in [0.717, 1.165) is 0 Å². The lowest BCUT2D eigenvalue weighted by Gasteiger charge is -2.10. The second kappa shape index (κ2) is 9.55. The number of benzene rings is 2. The largest absolute Gasteiger partial charge is 0.467 e. The summed E-state index contributed by atoms with van der Waals surface area (Å²) in [6, 6.07) is 14.7. The van der Waals surface area contributed by atoms with E-state index in [1.54, 1.807) is 59.4 Å². The van der Waals surface area contributed by atoms with E-state index in [1.807, 2.05) is 0 Å². The molecule has 2 aromatic heterocycles. The monoisotopic (exact) mass is 476 g/mol. The van der Waals surface area contributed by atoms with E-state index < -0.39 is 5.82 Å². The fourth-order valence-corrected chi connectivity index (χ4v) is 3.88. The molecule has 0 unspecified atom stereocenters. The topological polar surface area (TPSA) is 73.0 Å². The van der Waals surface area contributed by atoms with Crippen molar-refractivity contribution in [3.05, 3.63) is 82.5 Å². The third-order valence-electron chi connectivity index (χ3n) is 4.26. The Labute approximate surface area is 191 Å². The number of anilines is 1. The predicted molar refractivity (Wildman–Crippen MR) is 119 cm³/mol. The molecule has 0 saturated heterocycles. The molecule has 0 aliphatic carbocycles. The number of halogens is 3. The molecule has 1 N–H and O–H groups in total. The molecule has 2 heterocycles. The summed E-state index contributed by atoms with van der Waals surface area (Å²) in [6.07, 6.45) is 1.56. The molecule has 4 aromatic rings. The summed E-state index contributed by atoms with van der Waals surface area (Å²) in [7, 11) is 0. The Morgan fingerprint density at radius 2 is 1.94 bits per heavy atom. The van der Waals surface area contributed by atoms with Crippen LogP contribution in [0.2, 0.25) is 10.0 Å². The van der Waals surface area contributed by atoms with Gasteiger partial charge in [0.1, 0.15) is 11.6 Å². The van der Waals surface area contributed by atoms with E-state index >= 15 is 0 Å². The molecule has 4 rings (SSSR count). The number of hydrogen-bond acceptors (Lipinski definition) is 5. The lowest BCUT2D eigenvalue weighted by atomic mass is 10.2. The van der Waals surface area contributed by atoms with Crippen molar-refractivity contribution in [2.24, 2.45) is 0 Å². The molecule has 0 aliphatic heterocycles. The van der Waals surface area contributed by atoms with E-state index in [0.29, 0.717) is 44.6 Å². The van der Waals surface area contributed by atoms with Crippen molar-refractivity contribution in [3.63, 3.8) is 0 Å². The van der Waals surface area contributed by atoms with E-state index in [-0.39, 0.29) is 11.7 Å². The summed E-state index contributed by atoms with van der Waals surface area (Å²) >= 11 is 13.1. The van der Waals surface area contributed by atoms with Crippen molar-refractivity contribution in [1.29, 1.82) is 0 Å². The summed E-state index contributed by atoms with van der Waals surface area (Å²) in [5.74, 6) is 0.391. The van der Waals surface area contributed by atoms with Crippen LogP contribution in [0.5, 0.6) is 0 Å². The quantitative estimate of drug-likeness (QED) is 0.343. The Bertz CT molecular complexity index is 1210. The van der Waals surface area contributed by atoms with E-state index in [2.05, 4.69) is 15.5 Å². The number of thioether (sulfide) groups is 1. The molecule has 10 heteroatoms. The number of aromatic nitrogens is 3. The first-order valence-corrected chi connectivity index (χ1v) is 10.8. The summed E-state index contributed by atoms with van der Waals surface area (Å²) in [6.45, 7) is 0.292. The highest BCUT2D eigenvalue weighted by atomic mass is 35.5. The molecule has 0 spiro atoms. The molecule has 1 amide bonds. The zero-order valence-corrected chi connectivity index (χ0v) is 18.2. The number of nitrogens with zero attached hydrogens (tertiary/aromatic N) is 3. The Balaban J connectivity index is 1.54. The zero-order valence-electron chi connectivity index (χ0n) is 15.9. The SMILES string of the molecule is O=C(CSc1nnc(-c2ccccc2F)n1Cc1ccco1)Nc1ccc(Cl)c(Cl)c1. The summed E-state index contributed by atoms with van der Waals surface area (Å²) < 4.78 is 21.5. The Morgan fingerprint density at radius 3 is 2.68 bits per heavy atom. The van der Waals surface area contributed by atoms with Gasteiger partial charge in [-0.1, -0.05) is 47.1 Å². The maximum Gasteiger partial charge on any atom is 0.234 e. The fourth-order valence-electron chi connectivity index (χ4n) is 2.84. The standard InChI is InChI=1S/C21H15Cl2FN4O2S/c22-16-8-7-13(10-17(16)23)25-19(29)12-31-21-27-26-20(15-5-1-2-6-18(15)24)28(21)11-14-4-3-9-30-14/h1-10H,11-12H2,(H,25,29). The first-order valence-electron chi connectivity index (χ1n) is 9.09. The van der Waals surface area contributed by atoms with Crippen molar-refractivity contribution >= 4 is 46.6 Å². The van der Waals surface area contributed by atoms with Gasteiger partial charge in [-0.15, -0.1) is 10.2 Å². The minimum Gasteiger partial charge on any atom is -0.467 e. The van der Waals surface area contributed by atoms with E-state index in [1.165, 1.54) is 17.8 Å². The first kappa shape index (κ1) is 21.4. The highest BCUT2D eigenvalue weighted by molar-refractivity contribution is 7.99. The summed E-state index contributed by atoms with van der Waals surface area (Å²) in [5, 5.41) is 12.3. The average Bonchev–Trinajstić information content (AvgIpc) is 3.40. The fraction of sp³-hybridized carbons (Fsp3) is 0.0952. The van der Waals surface area contributed by atoms with Crippen LogP contribution in [0, 0.1) is 5.82 Å². The minimum atomic E-state index is -0.412. The molecule has 0 bridgehead atoms. The zero-order chi connectivity index (χ0) is 21.8. The van der Waals surface area contributed by atoms with E-state index in [4.69, 9.17) is 27.6 Å². The maximum atomic E-state index is 14.4. The minimum absolute atomic E-state index is 0.0633. The lowest BCUT2D eigenvalue weighted by Crippen LogP contribution is -2.14. The van der Waals surface area contributed by atoms with Crippen molar-refractivity contribution in [2.75, 3.05) is 11.1 Å². The third kappa shape index (κ3) is 5.10. The van der Waals surface area contributed by atoms with Gasteiger partial charge in [-0.25, -0.2) is 4.39 Å². The number of carbonyl (C=O) groups excluding carboxylic acids is 1. The van der Waals surface area contributed by atoms with Gasteiger partial charge in [-0.05, 0) is 42.5 Å². The number of rotatable bonds is 7. The molecule has 6 nitrogen and oxygen atoms in total. The number of nitrogens with one attached hydrogen (secondary N) is 1. The van der Waals surface area contributed by atoms with E-state index in [9.17, 15) is 9.18 Å². The van der Waals surface area contributed by atoms with Crippen molar-refractivity contribution < 1.29 is 13.6 Å². The molecule has 0 atom stereocenters. The molecule has 0 radical (unpaired) electrons. The van der Waals surface area contributed by atoms with Crippen LogP contribution in [0.1, 0.15) is 5.76 Å². The van der Waals surface area contributed by atoms with Crippen LogP contribution < -0.4 is 5.32 Å². The Morgan fingerprint density at radius 1 is 1.10 bits per heavy atom. The number of amides is 1. The number of hydrogen-bond donors (Lipinski definition) is 1. The van der Waals surface area contributed by atoms with Crippen LogP contribution >= 0.6 is 35.0 Å². The van der Waals surface area contributed by atoms with Gasteiger partial charge in [-0.2, -0.15) is 0 Å². The molecule has 0 fully saturated rings. The van der Waals surface area contributed by atoms with Crippen LogP contribution in [0.4, 0.5) is 10.1 Å². The van der Waals surface area contributed by atoms with Gasteiger partial charge in [0.05, 0.1) is 34.2 Å². The van der Waals surface area contributed by atoms with Crippen molar-refractivity contribution in [2.45, 2.75) is 11.7 Å². The Kier molecular flexibility index (Phi) is 6.60. The molecule has 31 heavy (non-hydrogen) atoms. The molecule has 0 saturated carbocycles. The van der Waals surface area contributed by atoms with Gasteiger partial charge < -0.3 is 9.73 Å². The maximum absolute atomic E-state index is 14.4. The average molecular weight is 477 g/mol. The highest BCUT2D eigenvalue weighted by Crippen LogP contribution is 2.28. The van der Waals surface area contributed by atoms with Crippen molar-refractivity contribution in [1.82, 2.24) is 14.8 Å². The van der Waals surface area contributed by atoms with Crippen LogP contribution in [-0.4, -0.2) is 26.4 Å². The molecule has 2 aromatic carbocycles. The van der Waals surface area contributed by atoms with Crippen LogP contribution in [0.15, 0.2) is 70.4 Å². The second-order valence-corrected chi connectivity index (χ2v) is 8.17. The highest BCUT2D eigenvalue weighted by Gasteiger charge is 2.19. The first-order chi connectivity index (χ1) is 15.0. The van der Waals surface area contributed by atoms with Gasteiger partial charge >= 0.3 is 0 Å². The van der Waals surface area contributed by atoms with Crippen LogP contribution in [0.25, 0.3) is 11.4 Å². The van der Waals surface area contributed by atoms with Gasteiger partial charge in [-0.3, -0.25) is 9.36 Å². The van der Waals surface area contributed by atoms with Gasteiger partial charge in [0.25, 0.3) is 0 Å². The lowest BCUT2D eigenvalue weighted by molar-refractivity contribution is -0.113. The summed E-state index contributed by atoms with van der Waals surface area (Å²) in [5.41, 5.74) is 0.845. The number of furan rings is 1. The number of carbonyl (C=O) groups is 1. The molecular formula is C21H15Cl2FN4O2S. The third-order valence-corrected chi connectivity index (χ3v) is 5.97. The molecule has 158 valence electrons. The second-order valence-electron chi connectivity index (χ2n) is 6.42. The predicted octanol–water partition coefficient (Wildman–Crippen LogP) is 5.76. The van der Waals surface area contributed by atoms with Gasteiger partial charge in [0.15, 0.2) is 11.0 Å².